The maximum atomic E-state index is 4.96. The Kier molecular flexibility index (Phi) is 2.31. The van der Waals surface area contributed by atoms with Gasteiger partial charge in [0.2, 0.25) is 0 Å². The summed E-state index contributed by atoms with van der Waals surface area (Å²) in [6.07, 6.45) is 6.60. The van der Waals surface area contributed by atoms with Gasteiger partial charge in [-0.05, 0) is 18.7 Å². The lowest BCUT2D eigenvalue weighted by Gasteiger charge is -1.95. The second-order valence-corrected chi connectivity index (χ2v) is 1.97. The topological polar surface area (TPSA) is 21.6 Å². The second-order valence-electron chi connectivity index (χ2n) is 1.97. The fourth-order valence-electron chi connectivity index (χ4n) is 0.689. The number of rotatable bonds is 2. The van der Waals surface area contributed by atoms with Crippen molar-refractivity contribution in [3.63, 3.8) is 0 Å². The molecule has 1 heterocycles. The van der Waals surface area contributed by atoms with Crippen molar-refractivity contribution in [2.24, 2.45) is 4.99 Å². The first-order chi connectivity index (χ1) is 4.43. The molecule has 0 aromatic rings. The van der Waals surface area contributed by atoms with Gasteiger partial charge in [0.05, 0.1) is 6.26 Å². The van der Waals surface area contributed by atoms with Gasteiger partial charge in [0.25, 0.3) is 0 Å². The van der Waals surface area contributed by atoms with E-state index >= 15 is 0 Å². The average molecular weight is 125 g/mol. The zero-order chi connectivity index (χ0) is 6.53. The fourth-order valence-corrected chi connectivity index (χ4v) is 0.689. The highest BCUT2D eigenvalue weighted by Gasteiger charge is 2.05. The van der Waals surface area contributed by atoms with E-state index in [0.29, 0.717) is 0 Å². The Hall–Kier alpha value is -0.790. The first-order valence-electron chi connectivity index (χ1n) is 3.23. The number of nitrogens with zero attached hydrogens (tertiary/aromatic N) is 1. The van der Waals surface area contributed by atoms with E-state index in [1.165, 1.54) is 0 Å². The Bertz CT molecular complexity index is 129. The van der Waals surface area contributed by atoms with Crippen LogP contribution in [0.25, 0.3) is 0 Å². The minimum absolute atomic E-state index is 0.282. The molecule has 1 aliphatic rings. The van der Waals surface area contributed by atoms with Crippen LogP contribution in [0.4, 0.5) is 0 Å². The van der Waals surface area contributed by atoms with E-state index in [1.54, 1.807) is 6.26 Å². The molecule has 0 fully saturated rings. The molecule has 0 saturated carbocycles. The van der Waals surface area contributed by atoms with Gasteiger partial charge in [0.15, 0.2) is 0 Å². The molecule has 2 heteroatoms. The van der Waals surface area contributed by atoms with Crippen molar-refractivity contribution in [1.29, 1.82) is 0 Å². The fraction of sp³-hybridized carbons (Fsp3) is 0.571. The minimum atomic E-state index is 0.282. The van der Waals surface area contributed by atoms with Crippen LogP contribution in [0.15, 0.2) is 17.3 Å². The Morgan fingerprint density at radius 1 is 1.89 bits per heavy atom. The Morgan fingerprint density at radius 2 is 2.78 bits per heavy atom. The number of hydrogen-bond acceptors (Lipinski definition) is 2. The standard InChI is InChI=1S/C7H11NO/c1-2-4-8-7-3-5-9-6-7/h3-5,7H,2,6H2,1H3. The average Bonchev–Trinajstić information content (AvgIpc) is 2.34. The summed E-state index contributed by atoms with van der Waals surface area (Å²) in [5.41, 5.74) is 0. The summed E-state index contributed by atoms with van der Waals surface area (Å²) >= 11 is 0. The molecule has 0 saturated heterocycles. The van der Waals surface area contributed by atoms with Crippen LogP contribution in [0, 0.1) is 0 Å². The summed E-state index contributed by atoms with van der Waals surface area (Å²) in [5.74, 6) is 0. The lowest BCUT2D eigenvalue weighted by Crippen LogP contribution is -2.01. The quantitative estimate of drug-likeness (QED) is 0.511. The van der Waals surface area contributed by atoms with Gasteiger partial charge in [-0.25, -0.2) is 0 Å². The number of ether oxygens (including phenoxy) is 1. The van der Waals surface area contributed by atoms with E-state index < -0.39 is 0 Å². The van der Waals surface area contributed by atoms with Gasteiger partial charge in [-0.2, -0.15) is 0 Å². The van der Waals surface area contributed by atoms with Gasteiger partial charge in [-0.15, -0.1) is 0 Å². The van der Waals surface area contributed by atoms with Crippen LogP contribution < -0.4 is 0 Å². The molecular weight excluding hydrogens is 114 g/mol. The highest BCUT2D eigenvalue weighted by Crippen LogP contribution is 2.02. The van der Waals surface area contributed by atoms with Crippen LogP contribution in [0.3, 0.4) is 0 Å². The van der Waals surface area contributed by atoms with E-state index in [2.05, 4.69) is 11.9 Å². The molecule has 0 spiro atoms. The van der Waals surface area contributed by atoms with Crippen LogP contribution in [0.2, 0.25) is 0 Å². The van der Waals surface area contributed by atoms with E-state index in [-0.39, 0.29) is 6.04 Å². The molecule has 0 aliphatic carbocycles. The summed E-state index contributed by atoms with van der Waals surface area (Å²) in [4.78, 5) is 4.20. The Labute approximate surface area is 55.2 Å². The van der Waals surface area contributed by atoms with Crippen molar-refractivity contribution >= 4 is 6.21 Å². The molecular formula is C7H11NO. The molecule has 0 radical (unpaired) electrons. The molecule has 2 nitrogen and oxygen atoms in total. The molecule has 1 aliphatic heterocycles. The summed E-state index contributed by atoms with van der Waals surface area (Å²) < 4.78 is 4.96. The Balaban J connectivity index is 2.27. The minimum Gasteiger partial charge on any atom is -0.499 e. The van der Waals surface area contributed by atoms with Crippen molar-refractivity contribution in [3.05, 3.63) is 12.3 Å². The predicted molar refractivity (Wildman–Crippen MR) is 37.7 cm³/mol. The smallest absolute Gasteiger partial charge is 0.113 e. The van der Waals surface area contributed by atoms with Crippen molar-refractivity contribution in [2.45, 2.75) is 19.4 Å². The molecule has 1 unspecified atom stereocenters. The normalized spacial score (nSPS) is 25.2. The molecule has 1 rings (SSSR count). The molecule has 0 aromatic carbocycles. The monoisotopic (exact) mass is 125 g/mol. The second kappa shape index (κ2) is 3.28. The third-order valence-corrected chi connectivity index (χ3v) is 1.14. The summed E-state index contributed by atoms with van der Waals surface area (Å²) in [7, 11) is 0. The van der Waals surface area contributed by atoms with Gasteiger partial charge < -0.3 is 4.74 Å². The van der Waals surface area contributed by atoms with Gasteiger partial charge in [-0.1, -0.05) is 6.92 Å². The van der Waals surface area contributed by atoms with E-state index in [1.807, 2.05) is 12.3 Å². The third-order valence-electron chi connectivity index (χ3n) is 1.14. The lowest BCUT2D eigenvalue weighted by atomic mass is 10.3. The molecule has 1 atom stereocenters. The molecule has 0 aromatic heterocycles. The molecule has 0 N–H and O–H groups in total. The van der Waals surface area contributed by atoms with Crippen LogP contribution in [-0.4, -0.2) is 18.9 Å². The molecule has 9 heavy (non-hydrogen) atoms. The Morgan fingerprint density at radius 3 is 3.33 bits per heavy atom. The summed E-state index contributed by atoms with van der Waals surface area (Å²) in [5, 5.41) is 0. The largest absolute Gasteiger partial charge is 0.499 e. The summed E-state index contributed by atoms with van der Waals surface area (Å²) in [6.45, 7) is 2.79. The van der Waals surface area contributed by atoms with E-state index in [4.69, 9.17) is 4.74 Å². The molecule has 0 amide bonds. The zero-order valence-electron chi connectivity index (χ0n) is 5.58. The van der Waals surface area contributed by atoms with Gasteiger partial charge >= 0.3 is 0 Å². The maximum Gasteiger partial charge on any atom is 0.113 e. The zero-order valence-corrected chi connectivity index (χ0v) is 5.58. The van der Waals surface area contributed by atoms with Crippen molar-refractivity contribution in [2.75, 3.05) is 6.61 Å². The van der Waals surface area contributed by atoms with Crippen LogP contribution in [0.1, 0.15) is 13.3 Å². The predicted octanol–water partition coefficient (Wildman–Crippen LogP) is 1.38. The maximum absolute atomic E-state index is 4.96. The highest BCUT2D eigenvalue weighted by atomic mass is 16.5. The highest BCUT2D eigenvalue weighted by molar-refractivity contribution is 5.57. The number of hydrogen-bond donors (Lipinski definition) is 0. The van der Waals surface area contributed by atoms with Crippen LogP contribution in [0.5, 0.6) is 0 Å². The van der Waals surface area contributed by atoms with Gasteiger partial charge in [0.1, 0.15) is 12.6 Å². The van der Waals surface area contributed by atoms with Crippen LogP contribution in [-0.2, 0) is 4.74 Å². The number of aliphatic imine (C=N–C) groups is 1. The first-order valence-corrected chi connectivity index (χ1v) is 3.23. The third kappa shape index (κ3) is 1.88. The first kappa shape index (κ1) is 6.33. The van der Waals surface area contributed by atoms with Gasteiger partial charge in [-0.3, -0.25) is 4.99 Å². The van der Waals surface area contributed by atoms with Crippen molar-refractivity contribution in [3.8, 4) is 0 Å². The van der Waals surface area contributed by atoms with Crippen molar-refractivity contribution < 1.29 is 4.74 Å². The molecule has 0 bridgehead atoms. The van der Waals surface area contributed by atoms with Crippen molar-refractivity contribution in [1.82, 2.24) is 0 Å². The van der Waals surface area contributed by atoms with Gasteiger partial charge in [0, 0.05) is 0 Å². The summed E-state index contributed by atoms with van der Waals surface area (Å²) in [6, 6.07) is 0.282. The lowest BCUT2D eigenvalue weighted by molar-refractivity contribution is 0.270. The SMILES string of the molecule is CCC=NC1C=COC1. The molecule has 50 valence electrons. The van der Waals surface area contributed by atoms with Crippen LogP contribution >= 0.6 is 0 Å². The van der Waals surface area contributed by atoms with E-state index in [0.717, 1.165) is 13.0 Å². The van der Waals surface area contributed by atoms with E-state index in [9.17, 15) is 0 Å².